The lowest BCUT2D eigenvalue weighted by molar-refractivity contribution is -0.112. The summed E-state index contributed by atoms with van der Waals surface area (Å²) in [7, 11) is 5.76. The Balaban J connectivity index is 1.96. The molecule has 7 heteroatoms. The number of aromatic hydroxyl groups is 2. The fraction of sp³-hybridized carbons (Fsp3) is 0.304. The molecule has 0 saturated carbocycles. The van der Waals surface area contributed by atoms with Crippen LogP contribution in [0.3, 0.4) is 0 Å². The number of nitrogens with zero attached hydrogens (tertiary/aromatic N) is 2. The zero-order valence-corrected chi connectivity index (χ0v) is 17.4. The van der Waals surface area contributed by atoms with Gasteiger partial charge in [-0.25, -0.2) is 4.99 Å². The summed E-state index contributed by atoms with van der Waals surface area (Å²) in [6.07, 6.45) is 1.18. The number of benzene rings is 2. The lowest BCUT2D eigenvalue weighted by Gasteiger charge is -2.10. The van der Waals surface area contributed by atoms with Crippen LogP contribution in [0, 0.1) is 0 Å². The van der Waals surface area contributed by atoms with Crippen LogP contribution in [0.15, 0.2) is 35.3 Å². The van der Waals surface area contributed by atoms with Crippen LogP contribution in [0.1, 0.15) is 12.0 Å². The largest absolute Gasteiger partial charge is 0.507 e. The molecule has 2 aromatic carbocycles. The molecule has 0 spiro atoms. The number of likely N-dealkylation sites (N-methyl/N-ethyl adjacent to an activating group) is 1. The van der Waals surface area contributed by atoms with Crippen molar-refractivity contribution in [3.63, 3.8) is 0 Å². The highest BCUT2D eigenvalue weighted by Crippen LogP contribution is 2.37. The van der Waals surface area contributed by atoms with Gasteiger partial charge in [0.15, 0.2) is 0 Å². The molecule has 0 bridgehead atoms. The van der Waals surface area contributed by atoms with Gasteiger partial charge in [0.2, 0.25) is 0 Å². The zero-order chi connectivity index (χ0) is 21.4. The van der Waals surface area contributed by atoms with Gasteiger partial charge < -0.3 is 25.4 Å². The van der Waals surface area contributed by atoms with Crippen LogP contribution in [0.5, 0.6) is 11.5 Å². The molecule has 0 saturated heterocycles. The Hall–Kier alpha value is -3.16. The highest BCUT2D eigenvalue weighted by Gasteiger charge is 2.23. The molecule has 0 atom stereocenters. The fourth-order valence-electron chi connectivity index (χ4n) is 4.05. The summed E-state index contributed by atoms with van der Waals surface area (Å²) in [5.41, 5.74) is 3.60. The van der Waals surface area contributed by atoms with Gasteiger partial charge in [0.25, 0.3) is 5.91 Å². The first-order chi connectivity index (χ1) is 14.4. The van der Waals surface area contributed by atoms with Crippen LogP contribution in [0.2, 0.25) is 0 Å². The van der Waals surface area contributed by atoms with E-state index in [2.05, 4.69) is 15.3 Å². The van der Waals surface area contributed by atoms with Crippen molar-refractivity contribution in [1.29, 1.82) is 0 Å². The summed E-state index contributed by atoms with van der Waals surface area (Å²) in [6, 6.07) is 8.91. The SMILES string of the molecule is CNCCc1c(-c2ccc3c(c2O)=C(CCN(C)C)C(=O)N=3)[nH]c2cccc(O)c12. The third-order valence-electron chi connectivity index (χ3n) is 5.55. The van der Waals surface area contributed by atoms with Crippen LogP contribution in [0.25, 0.3) is 27.7 Å². The van der Waals surface area contributed by atoms with E-state index < -0.39 is 0 Å². The fourth-order valence-corrected chi connectivity index (χ4v) is 4.05. The summed E-state index contributed by atoms with van der Waals surface area (Å²) >= 11 is 0. The average Bonchev–Trinajstić information content (AvgIpc) is 3.23. The monoisotopic (exact) mass is 406 g/mol. The highest BCUT2D eigenvalue weighted by atomic mass is 16.3. The number of phenols is 2. The summed E-state index contributed by atoms with van der Waals surface area (Å²) < 4.78 is 0. The van der Waals surface area contributed by atoms with E-state index in [0.717, 1.165) is 22.2 Å². The van der Waals surface area contributed by atoms with E-state index in [1.54, 1.807) is 24.3 Å². The van der Waals surface area contributed by atoms with Gasteiger partial charge in [-0.3, -0.25) is 4.79 Å². The molecule has 1 aliphatic heterocycles. The molecule has 7 nitrogen and oxygen atoms in total. The van der Waals surface area contributed by atoms with Gasteiger partial charge in [-0.2, -0.15) is 0 Å². The van der Waals surface area contributed by atoms with Crippen LogP contribution in [-0.4, -0.2) is 60.2 Å². The number of rotatable bonds is 7. The van der Waals surface area contributed by atoms with Gasteiger partial charge in [-0.1, -0.05) is 6.07 Å². The van der Waals surface area contributed by atoms with E-state index >= 15 is 0 Å². The molecule has 1 aliphatic rings. The molecule has 3 aromatic rings. The van der Waals surface area contributed by atoms with E-state index in [0.29, 0.717) is 47.6 Å². The second-order valence-corrected chi connectivity index (χ2v) is 7.84. The lowest BCUT2D eigenvalue weighted by atomic mass is 9.99. The Morgan fingerprint density at radius 1 is 1.13 bits per heavy atom. The minimum Gasteiger partial charge on any atom is -0.507 e. The number of phenolic OH excluding ortho intramolecular Hbond substituents is 2. The molecule has 0 radical (unpaired) electrons. The number of fused-ring (bicyclic) bond motifs is 2. The minimum atomic E-state index is -0.288. The molecular formula is C23H26N4O3. The standard InChI is InChI=1S/C23H26N4O3/c1-24-11-9-13-19-16(5-4-6-18(19)28)25-21(13)15-7-8-17-20(22(15)29)14(23(30)26-17)10-12-27(2)3/h4-8,24-25,28-29H,9-12H2,1-3H3. The van der Waals surface area contributed by atoms with Crippen LogP contribution >= 0.6 is 0 Å². The first kappa shape index (κ1) is 20.1. The van der Waals surface area contributed by atoms with E-state index in [1.165, 1.54) is 0 Å². The van der Waals surface area contributed by atoms with Crippen molar-refractivity contribution in [2.24, 2.45) is 4.99 Å². The molecule has 0 fully saturated rings. The van der Waals surface area contributed by atoms with Gasteiger partial charge in [0.05, 0.1) is 16.3 Å². The van der Waals surface area contributed by atoms with Crippen molar-refractivity contribution < 1.29 is 15.0 Å². The third-order valence-corrected chi connectivity index (χ3v) is 5.55. The van der Waals surface area contributed by atoms with E-state index in [1.807, 2.05) is 32.1 Å². The smallest absolute Gasteiger partial charge is 0.274 e. The van der Waals surface area contributed by atoms with Crippen molar-refractivity contribution in [2.75, 3.05) is 34.2 Å². The number of carbonyl (C=O) groups excluding carboxylic acids is 1. The molecule has 4 N–H and O–H groups in total. The average molecular weight is 406 g/mol. The number of aromatic amines is 1. The highest BCUT2D eigenvalue weighted by molar-refractivity contribution is 6.16. The number of hydrogen-bond donors (Lipinski definition) is 4. The number of amides is 1. The van der Waals surface area contributed by atoms with Crippen molar-refractivity contribution in [2.45, 2.75) is 12.8 Å². The first-order valence-electron chi connectivity index (χ1n) is 10.0. The number of aromatic nitrogens is 1. The van der Waals surface area contributed by atoms with Crippen LogP contribution in [0.4, 0.5) is 0 Å². The van der Waals surface area contributed by atoms with Crippen molar-refractivity contribution in [3.8, 4) is 22.8 Å². The molecule has 1 aromatic heterocycles. The predicted molar refractivity (Wildman–Crippen MR) is 117 cm³/mol. The Bertz CT molecular complexity index is 1260. The summed E-state index contributed by atoms with van der Waals surface area (Å²) in [4.78, 5) is 21.9. The Labute approximate surface area is 174 Å². The summed E-state index contributed by atoms with van der Waals surface area (Å²) in [6.45, 7) is 1.40. The number of hydrogen-bond acceptors (Lipinski definition) is 5. The molecule has 2 heterocycles. The molecular weight excluding hydrogens is 380 g/mol. The normalized spacial score (nSPS) is 13.3. The van der Waals surface area contributed by atoms with Gasteiger partial charge in [-0.05, 0) is 70.4 Å². The second kappa shape index (κ2) is 7.93. The zero-order valence-electron chi connectivity index (χ0n) is 17.4. The van der Waals surface area contributed by atoms with E-state index in [9.17, 15) is 15.0 Å². The first-order valence-corrected chi connectivity index (χ1v) is 10.0. The maximum Gasteiger partial charge on any atom is 0.274 e. The van der Waals surface area contributed by atoms with Gasteiger partial charge in [0, 0.05) is 28.6 Å². The number of carbonyl (C=O) groups is 1. The predicted octanol–water partition coefficient (Wildman–Crippen LogP) is 1.27. The molecule has 4 rings (SSSR count). The minimum absolute atomic E-state index is 0.0487. The maximum absolute atomic E-state index is 12.5. The van der Waals surface area contributed by atoms with E-state index in [-0.39, 0.29) is 17.4 Å². The Morgan fingerprint density at radius 3 is 2.67 bits per heavy atom. The lowest BCUT2D eigenvalue weighted by Crippen LogP contribution is -2.25. The van der Waals surface area contributed by atoms with Gasteiger partial charge in [-0.15, -0.1) is 0 Å². The van der Waals surface area contributed by atoms with E-state index in [4.69, 9.17) is 0 Å². The number of nitrogens with one attached hydrogen (secondary N) is 2. The summed E-state index contributed by atoms with van der Waals surface area (Å²) in [5.74, 6) is -0.0400. The van der Waals surface area contributed by atoms with Crippen molar-refractivity contribution in [1.82, 2.24) is 15.2 Å². The molecule has 1 amide bonds. The molecule has 0 unspecified atom stereocenters. The maximum atomic E-state index is 12.5. The van der Waals surface area contributed by atoms with Gasteiger partial charge in [0.1, 0.15) is 11.5 Å². The number of H-pyrrole nitrogens is 1. The Kier molecular flexibility index (Phi) is 5.32. The third kappa shape index (κ3) is 3.36. The molecule has 30 heavy (non-hydrogen) atoms. The van der Waals surface area contributed by atoms with Crippen LogP contribution < -0.4 is 15.9 Å². The summed E-state index contributed by atoms with van der Waals surface area (Å²) in [5, 5.41) is 26.6. The Morgan fingerprint density at radius 2 is 1.93 bits per heavy atom. The molecule has 0 aliphatic carbocycles. The molecule has 156 valence electrons. The van der Waals surface area contributed by atoms with Crippen molar-refractivity contribution >= 4 is 22.4 Å². The quantitative estimate of drug-likeness (QED) is 0.473. The topological polar surface area (TPSA) is 101 Å². The van der Waals surface area contributed by atoms with Gasteiger partial charge >= 0.3 is 0 Å². The van der Waals surface area contributed by atoms with Crippen LogP contribution in [-0.2, 0) is 11.2 Å². The second-order valence-electron chi connectivity index (χ2n) is 7.84. The van der Waals surface area contributed by atoms with Crippen molar-refractivity contribution in [3.05, 3.63) is 46.5 Å².